The van der Waals surface area contributed by atoms with E-state index >= 15 is 0 Å². The predicted octanol–water partition coefficient (Wildman–Crippen LogP) is 4.70. The van der Waals surface area contributed by atoms with Crippen LogP contribution < -0.4 is 0 Å². The van der Waals surface area contributed by atoms with E-state index in [1.54, 1.807) is 4.90 Å². The van der Waals surface area contributed by atoms with Gasteiger partial charge in [-0.05, 0) is 17.7 Å². The fraction of sp³-hybridized carbons (Fsp3) is 0.360. The summed E-state index contributed by atoms with van der Waals surface area (Å²) in [6, 6.07) is 18.3. The Morgan fingerprint density at radius 3 is 2.55 bits per heavy atom. The molecule has 4 rings (SSSR count). The van der Waals surface area contributed by atoms with E-state index in [1.165, 1.54) is 16.8 Å². The van der Waals surface area contributed by atoms with Gasteiger partial charge < -0.3 is 4.90 Å². The second-order valence-electron chi connectivity index (χ2n) is 8.53. The number of rotatable bonds is 6. The first-order chi connectivity index (χ1) is 14.9. The molecule has 1 amide bonds. The number of halogens is 1. The second kappa shape index (κ2) is 9.25. The van der Waals surface area contributed by atoms with Crippen LogP contribution in [0.15, 0.2) is 54.6 Å². The van der Waals surface area contributed by atoms with Crippen LogP contribution in [0.25, 0.3) is 5.69 Å². The summed E-state index contributed by atoms with van der Waals surface area (Å²) in [5.74, 6) is 0.0825. The molecule has 31 heavy (non-hydrogen) atoms. The average Bonchev–Trinajstić information content (AvgIpc) is 3.11. The van der Waals surface area contributed by atoms with Crippen LogP contribution >= 0.6 is 11.6 Å². The fourth-order valence-corrected chi connectivity index (χ4v) is 4.43. The summed E-state index contributed by atoms with van der Waals surface area (Å²) in [6.45, 7) is 7.02. The highest BCUT2D eigenvalue weighted by atomic mass is 35.5. The molecule has 162 valence electrons. The number of hydrogen-bond acceptors (Lipinski definition) is 3. The van der Waals surface area contributed by atoms with Crippen molar-refractivity contribution < 1.29 is 4.79 Å². The Kier molecular flexibility index (Phi) is 6.44. The summed E-state index contributed by atoms with van der Waals surface area (Å²) < 4.78 is 1.99. The lowest BCUT2D eigenvalue weighted by molar-refractivity contribution is -0.133. The highest BCUT2D eigenvalue weighted by Gasteiger charge is 2.27. The van der Waals surface area contributed by atoms with Crippen LogP contribution in [0.2, 0.25) is 5.02 Å². The largest absolute Gasteiger partial charge is 0.340 e. The second-order valence-corrected chi connectivity index (χ2v) is 8.94. The van der Waals surface area contributed by atoms with E-state index in [0.717, 1.165) is 37.4 Å². The zero-order valence-electron chi connectivity index (χ0n) is 18.4. The van der Waals surface area contributed by atoms with Gasteiger partial charge in [0.25, 0.3) is 0 Å². The van der Waals surface area contributed by atoms with E-state index in [4.69, 9.17) is 16.7 Å². The van der Waals surface area contributed by atoms with Gasteiger partial charge in [-0.3, -0.25) is 9.69 Å². The molecule has 5 nitrogen and oxygen atoms in total. The van der Waals surface area contributed by atoms with Gasteiger partial charge in [-0.2, -0.15) is 5.10 Å². The minimum Gasteiger partial charge on any atom is -0.340 e. The van der Waals surface area contributed by atoms with Crippen LogP contribution in [0.1, 0.15) is 36.4 Å². The molecule has 0 saturated carbocycles. The summed E-state index contributed by atoms with van der Waals surface area (Å²) in [6.07, 6.45) is 0.891. The quantitative estimate of drug-likeness (QED) is 0.562. The summed E-state index contributed by atoms with van der Waals surface area (Å²) in [4.78, 5) is 16.7. The summed E-state index contributed by atoms with van der Waals surface area (Å²) in [5, 5.41) is 5.64. The van der Waals surface area contributed by atoms with Crippen molar-refractivity contribution in [2.24, 2.45) is 5.92 Å². The van der Waals surface area contributed by atoms with E-state index in [2.05, 4.69) is 29.2 Å². The van der Waals surface area contributed by atoms with Gasteiger partial charge in [0, 0.05) is 44.6 Å². The van der Waals surface area contributed by atoms with Gasteiger partial charge >= 0.3 is 0 Å². The van der Waals surface area contributed by atoms with Gasteiger partial charge in [-0.25, -0.2) is 4.68 Å². The van der Waals surface area contributed by atoms with Crippen LogP contribution in [-0.4, -0.2) is 39.1 Å². The molecule has 0 fully saturated rings. The highest BCUT2D eigenvalue weighted by Crippen LogP contribution is 2.29. The van der Waals surface area contributed by atoms with Gasteiger partial charge in [0.2, 0.25) is 5.91 Å². The zero-order chi connectivity index (χ0) is 22.0. The number of fused-ring (bicyclic) bond motifs is 1. The van der Waals surface area contributed by atoms with Gasteiger partial charge in [0.1, 0.15) is 0 Å². The third-order valence-electron chi connectivity index (χ3n) is 5.81. The van der Waals surface area contributed by atoms with Gasteiger partial charge in [0.15, 0.2) is 0 Å². The number of hydrogen-bond donors (Lipinski definition) is 0. The van der Waals surface area contributed by atoms with Gasteiger partial charge in [-0.15, -0.1) is 0 Å². The first-order valence-electron chi connectivity index (χ1n) is 10.8. The van der Waals surface area contributed by atoms with Crippen LogP contribution in [0.4, 0.5) is 0 Å². The maximum absolute atomic E-state index is 12.5. The Labute approximate surface area is 189 Å². The molecule has 1 aliphatic heterocycles. The Balaban J connectivity index is 1.68. The average molecular weight is 437 g/mol. The lowest BCUT2D eigenvalue weighted by atomic mass is 10.0. The molecule has 1 aromatic heterocycles. The molecule has 0 spiro atoms. The number of nitrogens with zero attached hydrogens (tertiary/aromatic N) is 4. The van der Waals surface area contributed by atoms with E-state index in [-0.39, 0.29) is 11.8 Å². The number of aromatic nitrogens is 2. The topological polar surface area (TPSA) is 41.4 Å². The standard InChI is InChI=1S/C25H29ClN4O/c1-18(2)25(31)28(3)17-22-20-16-29(15-19-9-5-4-6-10-19)14-13-23(20)30(27-22)24-12-8-7-11-21(24)26/h4-12,18H,13-17H2,1-3H3. The van der Waals surface area contributed by atoms with Crippen LogP contribution in [0.3, 0.4) is 0 Å². The van der Waals surface area contributed by atoms with Crippen molar-refractivity contribution in [1.82, 2.24) is 19.6 Å². The van der Waals surface area contributed by atoms with Crippen LogP contribution in [-0.2, 0) is 30.8 Å². The molecule has 2 aromatic carbocycles. The molecule has 0 radical (unpaired) electrons. The van der Waals surface area contributed by atoms with E-state index in [0.29, 0.717) is 11.6 Å². The van der Waals surface area contributed by atoms with Crippen molar-refractivity contribution in [2.75, 3.05) is 13.6 Å². The molecule has 0 bridgehead atoms. The fourth-order valence-electron chi connectivity index (χ4n) is 4.21. The Hall–Kier alpha value is -2.63. The van der Waals surface area contributed by atoms with Gasteiger partial charge in [0.05, 0.1) is 28.6 Å². The lowest BCUT2D eigenvalue weighted by Crippen LogP contribution is -2.33. The molecule has 3 aromatic rings. The molecule has 0 N–H and O–H groups in total. The van der Waals surface area contributed by atoms with Crippen molar-refractivity contribution in [1.29, 1.82) is 0 Å². The van der Waals surface area contributed by atoms with Crippen molar-refractivity contribution in [2.45, 2.75) is 39.9 Å². The molecular formula is C25H29ClN4O. The molecular weight excluding hydrogens is 408 g/mol. The number of amides is 1. The molecule has 0 saturated heterocycles. The monoisotopic (exact) mass is 436 g/mol. The minimum absolute atomic E-state index is 0.0407. The SMILES string of the molecule is CC(C)C(=O)N(C)Cc1nn(-c2ccccc2Cl)c2c1CN(Cc1ccccc1)CC2. The van der Waals surface area contributed by atoms with E-state index < -0.39 is 0 Å². The summed E-state index contributed by atoms with van der Waals surface area (Å²) in [7, 11) is 1.85. The molecule has 0 atom stereocenters. The summed E-state index contributed by atoms with van der Waals surface area (Å²) in [5.41, 5.74) is 5.55. The van der Waals surface area contributed by atoms with Gasteiger partial charge in [-0.1, -0.05) is 67.9 Å². The predicted molar refractivity (Wildman–Crippen MR) is 124 cm³/mol. The molecule has 0 unspecified atom stereocenters. The third-order valence-corrected chi connectivity index (χ3v) is 6.13. The molecule has 6 heteroatoms. The maximum atomic E-state index is 12.5. The van der Waals surface area contributed by atoms with Crippen molar-refractivity contribution in [3.8, 4) is 5.69 Å². The molecule has 0 aliphatic carbocycles. The number of carbonyl (C=O) groups excluding carboxylic acids is 1. The van der Waals surface area contributed by atoms with Crippen molar-refractivity contribution >= 4 is 17.5 Å². The number of para-hydroxylation sites is 1. The first kappa shape index (κ1) is 21.6. The van der Waals surface area contributed by atoms with E-state index in [1.807, 2.05) is 55.9 Å². The maximum Gasteiger partial charge on any atom is 0.225 e. The molecule has 2 heterocycles. The number of carbonyl (C=O) groups is 1. The zero-order valence-corrected chi connectivity index (χ0v) is 19.1. The van der Waals surface area contributed by atoms with Crippen LogP contribution in [0, 0.1) is 5.92 Å². The normalized spacial score (nSPS) is 14.0. The van der Waals surface area contributed by atoms with Crippen LogP contribution in [0.5, 0.6) is 0 Å². The number of benzene rings is 2. The highest BCUT2D eigenvalue weighted by molar-refractivity contribution is 6.32. The van der Waals surface area contributed by atoms with Crippen molar-refractivity contribution in [3.05, 3.63) is 82.1 Å². The van der Waals surface area contributed by atoms with Crippen molar-refractivity contribution in [3.63, 3.8) is 0 Å². The third kappa shape index (κ3) is 4.68. The Morgan fingerprint density at radius 2 is 1.84 bits per heavy atom. The Bertz CT molecular complexity index is 1060. The molecule has 1 aliphatic rings. The van der Waals surface area contributed by atoms with E-state index in [9.17, 15) is 4.79 Å². The minimum atomic E-state index is -0.0407. The Morgan fingerprint density at radius 1 is 1.13 bits per heavy atom. The lowest BCUT2D eigenvalue weighted by Gasteiger charge is -2.28. The first-order valence-corrected chi connectivity index (χ1v) is 11.2. The smallest absolute Gasteiger partial charge is 0.225 e. The summed E-state index contributed by atoms with van der Waals surface area (Å²) >= 11 is 6.51.